The number of halogens is 1. The molecule has 5 nitrogen and oxygen atoms in total. The summed E-state index contributed by atoms with van der Waals surface area (Å²) >= 11 is 7.85. The van der Waals surface area contributed by atoms with Gasteiger partial charge in [-0.25, -0.2) is 18.4 Å². The number of pyridine rings is 1. The first-order valence-electron chi connectivity index (χ1n) is 7.19. The zero-order chi connectivity index (χ0) is 17.5. The molecule has 1 N–H and O–H groups in total. The van der Waals surface area contributed by atoms with Gasteiger partial charge in [0.05, 0.1) is 28.2 Å². The molecule has 0 bridgehead atoms. The maximum absolute atomic E-state index is 11.4. The lowest BCUT2D eigenvalue weighted by atomic mass is 10.1. The monoisotopic (exact) mass is 380 g/mol. The summed E-state index contributed by atoms with van der Waals surface area (Å²) in [6.45, 7) is 4.16. The zero-order valence-corrected chi connectivity index (χ0v) is 15.7. The van der Waals surface area contributed by atoms with Crippen LogP contribution in [0.15, 0.2) is 23.6 Å². The zero-order valence-electron chi connectivity index (χ0n) is 13.3. The molecule has 125 valence electrons. The third-order valence-electron chi connectivity index (χ3n) is 3.34. The smallest absolute Gasteiger partial charge is 0.229 e. The number of hydrogen-bond acceptors (Lipinski definition) is 5. The van der Waals surface area contributed by atoms with Gasteiger partial charge in [0.25, 0.3) is 0 Å². The van der Waals surface area contributed by atoms with Gasteiger partial charge >= 0.3 is 0 Å². The van der Waals surface area contributed by atoms with Gasteiger partial charge in [-0.1, -0.05) is 25.4 Å². The van der Waals surface area contributed by atoms with Crippen molar-refractivity contribution < 1.29 is 8.42 Å². The Hall–Kier alpha value is -1.70. The van der Waals surface area contributed by atoms with Crippen molar-refractivity contribution in [3.63, 3.8) is 0 Å². The molecule has 0 aliphatic rings. The van der Waals surface area contributed by atoms with Crippen molar-refractivity contribution in [1.29, 1.82) is 0 Å². The van der Waals surface area contributed by atoms with Crippen molar-refractivity contribution in [2.24, 2.45) is 0 Å². The van der Waals surface area contributed by atoms with E-state index in [1.54, 1.807) is 18.2 Å². The predicted molar refractivity (Wildman–Crippen MR) is 99.3 cm³/mol. The van der Waals surface area contributed by atoms with Crippen molar-refractivity contribution >= 4 is 49.6 Å². The number of rotatable bonds is 4. The Morgan fingerprint density at radius 2 is 2.04 bits per heavy atom. The first-order chi connectivity index (χ1) is 11.2. The van der Waals surface area contributed by atoms with Gasteiger partial charge in [0.15, 0.2) is 0 Å². The fraction of sp³-hybridized carbons (Fsp3) is 0.250. The molecule has 0 saturated carbocycles. The highest BCUT2D eigenvalue weighted by Crippen LogP contribution is 2.33. The second-order valence-corrected chi connectivity index (χ2v) is 8.70. The van der Waals surface area contributed by atoms with Crippen LogP contribution in [0.2, 0.25) is 5.02 Å². The minimum Gasteiger partial charge on any atom is -0.282 e. The number of fused-ring (bicyclic) bond motifs is 1. The molecule has 3 aromatic rings. The van der Waals surface area contributed by atoms with Crippen LogP contribution in [0.25, 0.3) is 21.6 Å². The number of thiazole rings is 1. The normalized spacial score (nSPS) is 12.0. The second kappa shape index (κ2) is 6.31. The van der Waals surface area contributed by atoms with Crippen molar-refractivity contribution in [3.05, 3.63) is 40.4 Å². The molecule has 0 saturated heterocycles. The number of nitrogens with zero attached hydrogens (tertiary/aromatic N) is 2. The average Bonchev–Trinajstić information content (AvgIpc) is 2.99. The summed E-state index contributed by atoms with van der Waals surface area (Å²) < 4.78 is 25.3. The van der Waals surface area contributed by atoms with E-state index in [4.69, 9.17) is 11.6 Å². The molecule has 0 unspecified atom stereocenters. The summed E-state index contributed by atoms with van der Waals surface area (Å²) in [5, 5.41) is 3.75. The quantitative estimate of drug-likeness (QED) is 0.732. The van der Waals surface area contributed by atoms with E-state index in [2.05, 4.69) is 34.6 Å². The van der Waals surface area contributed by atoms with Crippen LogP contribution in [0, 0.1) is 6.07 Å². The Balaban J connectivity index is 2.10. The standard InChI is InChI=1S/C16H15ClN3O2S2/c1-9(2)13-8-23-16(19-13)12-7-5-10-4-6-11(20-24(3,21)22)14(17)15(10)18-12/h4,6-9,20H,1-3H3. The van der Waals surface area contributed by atoms with E-state index in [0.29, 0.717) is 28.2 Å². The van der Waals surface area contributed by atoms with Crippen LogP contribution in [0.3, 0.4) is 0 Å². The molecule has 3 rings (SSSR count). The van der Waals surface area contributed by atoms with Crippen LogP contribution in [-0.4, -0.2) is 24.6 Å². The lowest BCUT2D eigenvalue weighted by Crippen LogP contribution is -2.10. The number of sulfonamides is 1. The van der Waals surface area contributed by atoms with Crippen LogP contribution in [0.1, 0.15) is 25.5 Å². The SMILES string of the molecule is CC(C)c1csc(-c2c[c]c3ccc(NS(C)(=O)=O)c(Cl)c3n2)n1. The van der Waals surface area contributed by atoms with Crippen LogP contribution in [0.5, 0.6) is 0 Å². The number of nitrogens with one attached hydrogen (secondary N) is 1. The molecule has 0 fully saturated rings. The van der Waals surface area contributed by atoms with Crippen LogP contribution in [0.4, 0.5) is 5.69 Å². The molecule has 1 radical (unpaired) electrons. The van der Waals surface area contributed by atoms with E-state index in [-0.39, 0.29) is 5.02 Å². The fourth-order valence-corrected chi connectivity index (χ4v) is 3.97. The van der Waals surface area contributed by atoms with Gasteiger partial charge < -0.3 is 0 Å². The summed E-state index contributed by atoms with van der Waals surface area (Å²) in [6, 6.07) is 8.23. The van der Waals surface area contributed by atoms with Crippen molar-refractivity contribution in [1.82, 2.24) is 9.97 Å². The van der Waals surface area contributed by atoms with Crippen molar-refractivity contribution in [3.8, 4) is 10.7 Å². The molecule has 24 heavy (non-hydrogen) atoms. The summed E-state index contributed by atoms with van der Waals surface area (Å²) in [5.74, 6) is 0.341. The maximum atomic E-state index is 11.4. The molecule has 8 heteroatoms. The Morgan fingerprint density at radius 3 is 2.67 bits per heavy atom. The third-order valence-corrected chi connectivity index (χ3v) is 5.20. The van der Waals surface area contributed by atoms with Crippen LogP contribution >= 0.6 is 22.9 Å². The first-order valence-corrected chi connectivity index (χ1v) is 10.3. The Morgan fingerprint density at radius 1 is 1.29 bits per heavy atom. The first kappa shape index (κ1) is 17.1. The molecule has 0 amide bonds. The number of benzene rings is 1. The van der Waals surface area contributed by atoms with E-state index in [9.17, 15) is 8.42 Å². The van der Waals surface area contributed by atoms with Gasteiger partial charge in [-0.3, -0.25) is 4.72 Å². The Kier molecular flexibility index (Phi) is 4.50. The Bertz CT molecular complexity index is 1010. The van der Waals surface area contributed by atoms with Gasteiger partial charge in [0.1, 0.15) is 10.7 Å². The van der Waals surface area contributed by atoms with E-state index in [0.717, 1.165) is 17.0 Å². The maximum Gasteiger partial charge on any atom is 0.229 e. The molecular formula is C16H15ClN3O2S2. The van der Waals surface area contributed by atoms with E-state index < -0.39 is 10.0 Å². The highest BCUT2D eigenvalue weighted by Gasteiger charge is 2.14. The molecule has 0 spiro atoms. The largest absolute Gasteiger partial charge is 0.282 e. The molecule has 2 aromatic heterocycles. The minimum atomic E-state index is -3.42. The number of aromatic nitrogens is 2. The highest BCUT2D eigenvalue weighted by molar-refractivity contribution is 7.92. The average molecular weight is 381 g/mol. The van der Waals surface area contributed by atoms with Crippen molar-refractivity contribution in [2.45, 2.75) is 19.8 Å². The lowest BCUT2D eigenvalue weighted by Gasteiger charge is -2.09. The van der Waals surface area contributed by atoms with Gasteiger partial charge in [0, 0.05) is 10.8 Å². The van der Waals surface area contributed by atoms with Crippen molar-refractivity contribution in [2.75, 3.05) is 11.0 Å². The Labute approximate surface area is 149 Å². The van der Waals surface area contributed by atoms with Gasteiger partial charge in [-0.05, 0) is 30.2 Å². The van der Waals surface area contributed by atoms with E-state index in [1.807, 2.05) is 5.38 Å². The molecule has 0 aliphatic heterocycles. The van der Waals surface area contributed by atoms with Crippen LogP contribution in [-0.2, 0) is 10.0 Å². The fourth-order valence-electron chi connectivity index (χ4n) is 2.15. The third kappa shape index (κ3) is 3.53. The second-order valence-electron chi connectivity index (χ2n) is 5.72. The summed E-state index contributed by atoms with van der Waals surface area (Å²) in [7, 11) is -3.42. The summed E-state index contributed by atoms with van der Waals surface area (Å²) in [4.78, 5) is 9.14. The predicted octanol–water partition coefficient (Wildman–Crippen LogP) is 4.31. The summed E-state index contributed by atoms with van der Waals surface area (Å²) in [5.41, 5.74) is 2.46. The topological polar surface area (TPSA) is 72.0 Å². The van der Waals surface area contributed by atoms with Gasteiger partial charge in [0.2, 0.25) is 10.0 Å². The molecule has 0 aliphatic carbocycles. The minimum absolute atomic E-state index is 0.247. The van der Waals surface area contributed by atoms with Gasteiger partial charge in [-0.2, -0.15) is 0 Å². The number of anilines is 1. The highest BCUT2D eigenvalue weighted by atomic mass is 35.5. The van der Waals surface area contributed by atoms with E-state index >= 15 is 0 Å². The van der Waals surface area contributed by atoms with E-state index in [1.165, 1.54) is 11.3 Å². The lowest BCUT2D eigenvalue weighted by molar-refractivity contribution is 0.607. The van der Waals surface area contributed by atoms with Crippen LogP contribution < -0.4 is 4.72 Å². The molecule has 0 atom stereocenters. The molecular weight excluding hydrogens is 366 g/mol. The molecule has 1 aromatic carbocycles. The number of hydrogen-bond donors (Lipinski definition) is 1. The summed E-state index contributed by atoms with van der Waals surface area (Å²) in [6.07, 6.45) is 1.08. The molecule has 2 heterocycles. The van der Waals surface area contributed by atoms with Gasteiger partial charge in [-0.15, -0.1) is 11.3 Å².